The average Bonchev–Trinajstić information content (AvgIpc) is 2.80. The molecule has 2 aromatic rings. The van der Waals surface area contributed by atoms with Crippen LogP contribution in [0.3, 0.4) is 0 Å². The molecule has 0 atom stereocenters. The zero-order valence-corrected chi connectivity index (χ0v) is 11.1. The largest absolute Gasteiger partial charge is 0.497 e. The summed E-state index contributed by atoms with van der Waals surface area (Å²) >= 11 is 0. The highest BCUT2D eigenvalue weighted by atomic mass is 16.5. The summed E-state index contributed by atoms with van der Waals surface area (Å²) in [4.78, 5) is 3.27. The maximum Gasteiger partial charge on any atom is 0.119 e. The third kappa shape index (κ3) is 3.24. The van der Waals surface area contributed by atoms with Crippen LogP contribution in [0.1, 0.15) is 19.4 Å². The van der Waals surface area contributed by atoms with Gasteiger partial charge >= 0.3 is 0 Å². The topological polar surface area (TPSA) is 37.0 Å². The van der Waals surface area contributed by atoms with Crippen molar-refractivity contribution in [3.63, 3.8) is 0 Å². The summed E-state index contributed by atoms with van der Waals surface area (Å²) in [6.07, 6.45) is 3.10. The molecule has 0 aliphatic rings. The minimum atomic E-state index is 0.910. The molecule has 0 aliphatic heterocycles. The van der Waals surface area contributed by atoms with E-state index in [-0.39, 0.29) is 0 Å². The molecule has 0 unspecified atom stereocenters. The van der Waals surface area contributed by atoms with Gasteiger partial charge in [-0.2, -0.15) is 0 Å². The molecule has 0 radical (unpaired) electrons. The van der Waals surface area contributed by atoms with Gasteiger partial charge in [-0.1, -0.05) is 13.8 Å². The predicted octanol–water partition coefficient (Wildman–Crippen LogP) is 2.96. The van der Waals surface area contributed by atoms with Crippen LogP contribution in [0.5, 0.6) is 5.75 Å². The van der Waals surface area contributed by atoms with Crippen LogP contribution < -0.4 is 10.1 Å². The molecule has 0 saturated carbocycles. The van der Waals surface area contributed by atoms with Gasteiger partial charge in [0.1, 0.15) is 5.75 Å². The van der Waals surface area contributed by atoms with Crippen LogP contribution in [0.4, 0.5) is 0 Å². The standard InChI is InChI=1S/C12H16N2O.C2H6/c1-13-6-5-9-8-14-12-4-3-10(15-2)7-11(9)12;1-2/h3-4,7-8,13-14H,5-6H2,1-2H3;1-2H3. The molecule has 0 fully saturated rings. The molecule has 3 heteroatoms. The lowest BCUT2D eigenvalue weighted by molar-refractivity contribution is 0.415. The van der Waals surface area contributed by atoms with E-state index in [1.165, 1.54) is 16.5 Å². The second-order valence-corrected chi connectivity index (χ2v) is 3.58. The Balaban J connectivity index is 0.000000686. The number of fused-ring (bicyclic) bond motifs is 1. The SMILES string of the molecule is CC.CNCCc1c[nH]c2ccc(OC)cc12. The first-order valence-electron chi connectivity index (χ1n) is 6.13. The van der Waals surface area contributed by atoms with E-state index in [0.717, 1.165) is 18.7 Å². The van der Waals surface area contributed by atoms with Crippen LogP contribution in [0.2, 0.25) is 0 Å². The molecular formula is C14H22N2O. The van der Waals surface area contributed by atoms with E-state index >= 15 is 0 Å². The van der Waals surface area contributed by atoms with Gasteiger partial charge in [-0.15, -0.1) is 0 Å². The highest BCUT2D eigenvalue weighted by molar-refractivity contribution is 5.84. The molecule has 3 nitrogen and oxygen atoms in total. The van der Waals surface area contributed by atoms with Gasteiger partial charge < -0.3 is 15.0 Å². The molecule has 0 bridgehead atoms. The summed E-state index contributed by atoms with van der Waals surface area (Å²) in [6, 6.07) is 6.11. The van der Waals surface area contributed by atoms with Gasteiger partial charge in [0, 0.05) is 17.1 Å². The van der Waals surface area contributed by atoms with E-state index in [1.807, 2.05) is 27.0 Å². The van der Waals surface area contributed by atoms with E-state index in [2.05, 4.69) is 28.6 Å². The maximum atomic E-state index is 5.22. The Hall–Kier alpha value is -1.48. The minimum absolute atomic E-state index is 0.910. The van der Waals surface area contributed by atoms with Crippen LogP contribution in [-0.4, -0.2) is 25.7 Å². The molecule has 1 heterocycles. The molecule has 0 spiro atoms. The number of likely N-dealkylation sites (N-methyl/N-ethyl adjacent to an activating group) is 1. The molecular weight excluding hydrogens is 212 g/mol. The van der Waals surface area contributed by atoms with Gasteiger partial charge in [0.15, 0.2) is 0 Å². The van der Waals surface area contributed by atoms with Crippen molar-refractivity contribution in [2.45, 2.75) is 20.3 Å². The van der Waals surface area contributed by atoms with E-state index in [4.69, 9.17) is 4.74 Å². The summed E-state index contributed by atoms with van der Waals surface area (Å²) in [5.41, 5.74) is 2.50. The fourth-order valence-electron chi connectivity index (χ4n) is 1.75. The lowest BCUT2D eigenvalue weighted by Gasteiger charge is -2.01. The van der Waals surface area contributed by atoms with Gasteiger partial charge in [0.2, 0.25) is 0 Å². The number of rotatable bonds is 4. The average molecular weight is 234 g/mol. The summed E-state index contributed by atoms with van der Waals surface area (Å²) in [6.45, 7) is 4.99. The van der Waals surface area contributed by atoms with Crippen molar-refractivity contribution in [1.82, 2.24) is 10.3 Å². The smallest absolute Gasteiger partial charge is 0.119 e. The summed E-state index contributed by atoms with van der Waals surface area (Å²) < 4.78 is 5.22. The van der Waals surface area contributed by atoms with E-state index < -0.39 is 0 Å². The zero-order chi connectivity index (χ0) is 12.7. The Morgan fingerprint density at radius 1 is 1.29 bits per heavy atom. The highest BCUT2D eigenvalue weighted by Gasteiger charge is 2.04. The fraction of sp³-hybridized carbons (Fsp3) is 0.429. The third-order valence-electron chi connectivity index (χ3n) is 2.62. The number of methoxy groups -OCH3 is 1. The van der Waals surface area contributed by atoms with E-state index in [9.17, 15) is 0 Å². The molecule has 0 saturated heterocycles. The van der Waals surface area contributed by atoms with Crippen molar-refractivity contribution >= 4 is 10.9 Å². The second-order valence-electron chi connectivity index (χ2n) is 3.58. The number of aromatic nitrogens is 1. The third-order valence-corrected chi connectivity index (χ3v) is 2.62. The Labute approximate surface area is 103 Å². The zero-order valence-electron chi connectivity index (χ0n) is 11.1. The van der Waals surface area contributed by atoms with Crippen LogP contribution in [-0.2, 0) is 6.42 Å². The van der Waals surface area contributed by atoms with Crippen molar-refractivity contribution in [2.24, 2.45) is 0 Å². The highest BCUT2D eigenvalue weighted by Crippen LogP contribution is 2.23. The van der Waals surface area contributed by atoms with Crippen LogP contribution in [0.15, 0.2) is 24.4 Å². The Morgan fingerprint density at radius 3 is 2.71 bits per heavy atom. The maximum absolute atomic E-state index is 5.22. The molecule has 94 valence electrons. The van der Waals surface area contributed by atoms with Crippen molar-refractivity contribution in [1.29, 1.82) is 0 Å². The van der Waals surface area contributed by atoms with Gasteiger partial charge in [-0.25, -0.2) is 0 Å². The van der Waals surface area contributed by atoms with E-state index in [1.54, 1.807) is 7.11 Å². The number of hydrogen-bond acceptors (Lipinski definition) is 2. The number of nitrogens with one attached hydrogen (secondary N) is 2. The van der Waals surface area contributed by atoms with E-state index in [0.29, 0.717) is 0 Å². The summed E-state index contributed by atoms with van der Waals surface area (Å²) in [5.74, 6) is 0.910. The number of aromatic amines is 1. The van der Waals surface area contributed by atoms with Crippen LogP contribution in [0, 0.1) is 0 Å². The lowest BCUT2D eigenvalue weighted by atomic mass is 10.1. The van der Waals surface area contributed by atoms with Gasteiger partial charge in [0.25, 0.3) is 0 Å². The first-order valence-corrected chi connectivity index (χ1v) is 6.13. The molecule has 1 aromatic heterocycles. The molecule has 17 heavy (non-hydrogen) atoms. The quantitative estimate of drug-likeness (QED) is 0.853. The Kier molecular flexibility index (Phi) is 5.57. The number of ether oxygens (including phenoxy) is 1. The minimum Gasteiger partial charge on any atom is -0.497 e. The summed E-state index contributed by atoms with van der Waals surface area (Å²) in [5, 5.41) is 4.41. The number of benzene rings is 1. The van der Waals surface area contributed by atoms with Crippen molar-refractivity contribution in [3.8, 4) is 5.75 Å². The van der Waals surface area contributed by atoms with Crippen LogP contribution >= 0.6 is 0 Å². The first-order chi connectivity index (χ1) is 8.35. The Bertz CT molecular complexity index is 448. The predicted molar refractivity (Wildman–Crippen MR) is 73.8 cm³/mol. The Morgan fingerprint density at radius 2 is 2.06 bits per heavy atom. The van der Waals surface area contributed by atoms with Crippen LogP contribution in [0.25, 0.3) is 10.9 Å². The monoisotopic (exact) mass is 234 g/mol. The second kappa shape index (κ2) is 6.97. The first kappa shape index (κ1) is 13.6. The molecule has 0 aliphatic carbocycles. The summed E-state index contributed by atoms with van der Waals surface area (Å²) in [7, 11) is 3.66. The van der Waals surface area contributed by atoms with Crippen molar-refractivity contribution < 1.29 is 4.74 Å². The fourth-order valence-corrected chi connectivity index (χ4v) is 1.75. The molecule has 1 aromatic carbocycles. The normalized spacial score (nSPS) is 9.88. The van der Waals surface area contributed by atoms with Crippen molar-refractivity contribution in [2.75, 3.05) is 20.7 Å². The molecule has 0 amide bonds. The van der Waals surface area contributed by atoms with Crippen molar-refractivity contribution in [3.05, 3.63) is 30.0 Å². The molecule has 2 rings (SSSR count). The molecule has 2 N–H and O–H groups in total. The van der Waals surface area contributed by atoms with Gasteiger partial charge in [-0.05, 0) is 43.8 Å². The number of H-pyrrole nitrogens is 1. The van der Waals surface area contributed by atoms with Gasteiger partial charge in [-0.3, -0.25) is 0 Å². The van der Waals surface area contributed by atoms with Gasteiger partial charge in [0.05, 0.1) is 7.11 Å². The lowest BCUT2D eigenvalue weighted by Crippen LogP contribution is -2.09. The number of hydrogen-bond donors (Lipinski definition) is 2.